The zero-order chi connectivity index (χ0) is 13.6. The van der Waals surface area contributed by atoms with E-state index < -0.39 is 5.60 Å². The van der Waals surface area contributed by atoms with E-state index >= 15 is 0 Å². The summed E-state index contributed by atoms with van der Waals surface area (Å²) < 4.78 is 10.0. The lowest BCUT2D eigenvalue weighted by atomic mass is 10.0. The van der Waals surface area contributed by atoms with Gasteiger partial charge in [-0.2, -0.15) is 0 Å². The van der Waals surface area contributed by atoms with Gasteiger partial charge in [-0.15, -0.1) is 0 Å². The van der Waals surface area contributed by atoms with Crippen LogP contribution in [0.1, 0.15) is 19.6 Å². The molecular weight excluding hydrogens is 236 g/mol. The van der Waals surface area contributed by atoms with Crippen LogP contribution in [0.3, 0.4) is 0 Å². The lowest BCUT2D eigenvalue weighted by Crippen LogP contribution is -2.47. The number of carbonyl (C=O) groups is 1. The molecule has 1 heterocycles. The van der Waals surface area contributed by atoms with Crippen LogP contribution in [0.5, 0.6) is 0 Å². The summed E-state index contributed by atoms with van der Waals surface area (Å²) in [4.78, 5) is 11.5. The Morgan fingerprint density at radius 1 is 1.67 bits per heavy atom. The molecule has 2 atom stereocenters. The summed E-state index contributed by atoms with van der Waals surface area (Å²) in [5.41, 5.74) is -1.23. The molecule has 6 nitrogen and oxygen atoms in total. The fourth-order valence-corrected chi connectivity index (χ4v) is 1.49. The molecule has 1 aromatic rings. The average Bonchev–Trinajstić information content (AvgIpc) is 2.81. The summed E-state index contributed by atoms with van der Waals surface area (Å²) in [6.45, 7) is 3.90. The highest BCUT2D eigenvalue weighted by Gasteiger charge is 2.26. The minimum atomic E-state index is -1.23. The molecular formula is C12H20N2O4. The molecule has 6 heteroatoms. The minimum Gasteiger partial charge on any atom is -0.466 e. The second kappa shape index (κ2) is 6.42. The summed E-state index contributed by atoms with van der Waals surface area (Å²) >= 11 is 0. The quantitative estimate of drug-likeness (QED) is 0.703. The van der Waals surface area contributed by atoms with Crippen LogP contribution in [-0.4, -0.2) is 37.4 Å². The molecule has 0 aliphatic rings. The van der Waals surface area contributed by atoms with E-state index in [1.165, 1.54) is 6.26 Å². The predicted molar refractivity (Wildman–Crippen MR) is 66.2 cm³/mol. The highest BCUT2D eigenvalue weighted by molar-refractivity contribution is 5.74. The van der Waals surface area contributed by atoms with Crippen molar-refractivity contribution in [3.05, 3.63) is 24.2 Å². The van der Waals surface area contributed by atoms with E-state index in [0.29, 0.717) is 12.4 Å². The molecule has 1 aromatic heterocycles. The van der Waals surface area contributed by atoms with Crippen molar-refractivity contribution < 1.29 is 19.1 Å². The van der Waals surface area contributed by atoms with Crippen LogP contribution in [0, 0.1) is 0 Å². The first-order valence-electron chi connectivity index (χ1n) is 5.75. The van der Waals surface area contributed by atoms with Gasteiger partial charge in [0, 0.05) is 7.11 Å². The standard InChI is InChI=1S/C12H20N2O4/c1-9(7-17-3)14-11(15)13-8-12(2,16)10-5-4-6-18-10/h4-6,9,16H,7-8H2,1-3H3,(H2,13,14,15). The van der Waals surface area contributed by atoms with Crippen molar-refractivity contribution in [2.45, 2.75) is 25.5 Å². The number of nitrogens with one attached hydrogen (secondary N) is 2. The number of hydrogen-bond acceptors (Lipinski definition) is 4. The van der Waals surface area contributed by atoms with Gasteiger partial charge in [-0.05, 0) is 26.0 Å². The SMILES string of the molecule is COCC(C)NC(=O)NCC(C)(O)c1ccco1. The third-order valence-corrected chi connectivity index (χ3v) is 2.44. The monoisotopic (exact) mass is 256 g/mol. The minimum absolute atomic E-state index is 0.0616. The third-order valence-electron chi connectivity index (χ3n) is 2.44. The van der Waals surface area contributed by atoms with E-state index in [4.69, 9.17) is 9.15 Å². The van der Waals surface area contributed by atoms with E-state index in [2.05, 4.69) is 10.6 Å². The molecule has 2 unspecified atom stereocenters. The highest BCUT2D eigenvalue weighted by Crippen LogP contribution is 2.19. The molecule has 18 heavy (non-hydrogen) atoms. The molecule has 0 radical (unpaired) electrons. The smallest absolute Gasteiger partial charge is 0.315 e. The summed E-state index contributed by atoms with van der Waals surface area (Å²) in [7, 11) is 1.57. The van der Waals surface area contributed by atoms with Gasteiger partial charge in [0.25, 0.3) is 0 Å². The average molecular weight is 256 g/mol. The van der Waals surface area contributed by atoms with Gasteiger partial charge in [-0.1, -0.05) is 0 Å². The molecule has 0 spiro atoms. The zero-order valence-corrected chi connectivity index (χ0v) is 10.9. The van der Waals surface area contributed by atoms with Gasteiger partial charge in [0.05, 0.1) is 25.5 Å². The van der Waals surface area contributed by atoms with Crippen LogP contribution in [-0.2, 0) is 10.3 Å². The molecule has 102 valence electrons. The maximum Gasteiger partial charge on any atom is 0.315 e. The number of urea groups is 1. The molecule has 0 aliphatic carbocycles. The number of methoxy groups -OCH3 is 1. The Balaban J connectivity index is 2.38. The van der Waals surface area contributed by atoms with Crippen LogP contribution in [0.2, 0.25) is 0 Å². The van der Waals surface area contributed by atoms with Crippen molar-refractivity contribution in [3.8, 4) is 0 Å². The van der Waals surface area contributed by atoms with Crippen molar-refractivity contribution in [1.82, 2.24) is 10.6 Å². The van der Waals surface area contributed by atoms with Crippen LogP contribution in [0.4, 0.5) is 4.79 Å². The largest absolute Gasteiger partial charge is 0.466 e. The molecule has 2 amide bonds. The number of furan rings is 1. The highest BCUT2D eigenvalue weighted by atomic mass is 16.5. The fourth-order valence-electron chi connectivity index (χ4n) is 1.49. The van der Waals surface area contributed by atoms with E-state index in [9.17, 15) is 9.90 Å². The summed E-state index contributed by atoms with van der Waals surface area (Å²) in [6, 6.07) is 2.90. The maximum absolute atomic E-state index is 11.5. The van der Waals surface area contributed by atoms with Crippen molar-refractivity contribution in [2.75, 3.05) is 20.3 Å². The fraction of sp³-hybridized carbons (Fsp3) is 0.583. The number of carbonyl (C=O) groups excluding carboxylic acids is 1. The number of amides is 2. The van der Waals surface area contributed by atoms with Crippen molar-refractivity contribution in [1.29, 1.82) is 0 Å². The Morgan fingerprint density at radius 3 is 2.94 bits per heavy atom. The lowest BCUT2D eigenvalue weighted by molar-refractivity contribution is 0.0365. The zero-order valence-electron chi connectivity index (χ0n) is 10.9. The van der Waals surface area contributed by atoms with Gasteiger partial charge in [0.1, 0.15) is 11.4 Å². The van der Waals surface area contributed by atoms with Crippen molar-refractivity contribution in [3.63, 3.8) is 0 Å². The first-order valence-corrected chi connectivity index (χ1v) is 5.75. The molecule has 0 aromatic carbocycles. The maximum atomic E-state index is 11.5. The second-order valence-corrected chi connectivity index (χ2v) is 4.43. The Morgan fingerprint density at radius 2 is 2.39 bits per heavy atom. The van der Waals surface area contributed by atoms with Gasteiger partial charge < -0.3 is 24.9 Å². The van der Waals surface area contributed by atoms with Gasteiger partial charge in [-0.25, -0.2) is 4.79 Å². The first-order chi connectivity index (χ1) is 8.45. The number of ether oxygens (including phenoxy) is 1. The Kier molecular flexibility index (Phi) is 5.18. The number of hydrogen-bond donors (Lipinski definition) is 3. The van der Waals surface area contributed by atoms with Gasteiger partial charge in [0.15, 0.2) is 0 Å². The molecule has 1 rings (SSSR count). The molecule has 3 N–H and O–H groups in total. The topological polar surface area (TPSA) is 83.7 Å². The number of aliphatic hydroxyl groups is 1. The van der Waals surface area contributed by atoms with E-state index in [0.717, 1.165) is 0 Å². The summed E-state index contributed by atoms with van der Waals surface area (Å²) in [6.07, 6.45) is 1.48. The second-order valence-electron chi connectivity index (χ2n) is 4.43. The normalized spacial score (nSPS) is 15.8. The van der Waals surface area contributed by atoms with Crippen LogP contribution in [0.25, 0.3) is 0 Å². The molecule has 0 saturated carbocycles. The predicted octanol–water partition coefficient (Wildman–Crippen LogP) is 0.821. The van der Waals surface area contributed by atoms with Crippen molar-refractivity contribution >= 4 is 6.03 Å². The van der Waals surface area contributed by atoms with Crippen LogP contribution >= 0.6 is 0 Å². The Bertz CT molecular complexity index is 362. The Hall–Kier alpha value is -1.53. The molecule has 0 aliphatic heterocycles. The molecule has 0 saturated heterocycles. The molecule has 0 bridgehead atoms. The van der Waals surface area contributed by atoms with Gasteiger partial charge in [-0.3, -0.25) is 0 Å². The number of rotatable bonds is 6. The van der Waals surface area contributed by atoms with E-state index in [1.54, 1.807) is 26.2 Å². The van der Waals surface area contributed by atoms with Crippen LogP contribution < -0.4 is 10.6 Å². The summed E-state index contributed by atoms with van der Waals surface area (Å²) in [5.74, 6) is 0.410. The van der Waals surface area contributed by atoms with Gasteiger partial charge >= 0.3 is 6.03 Å². The summed E-state index contributed by atoms with van der Waals surface area (Å²) in [5, 5.41) is 15.4. The first kappa shape index (κ1) is 14.5. The lowest BCUT2D eigenvalue weighted by Gasteiger charge is -2.22. The van der Waals surface area contributed by atoms with E-state index in [1.807, 2.05) is 6.92 Å². The van der Waals surface area contributed by atoms with E-state index in [-0.39, 0.29) is 18.6 Å². The third kappa shape index (κ3) is 4.38. The van der Waals surface area contributed by atoms with Crippen LogP contribution in [0.15, 0.2) is 22.8 Å². The Labute approximate surface area is 106 Å². The van der Waals surface area contributed by atoms with Gasteiger partial charge in [0.2, 0.25) is 0 Å². The molecule has 0 fully saturated rings. The van der Waals surface area contributed by atoms with Crippen molar-refractivity contribution in [2.24, 2.45) is 0 Å².